The SMILES string of the molecule is Cc1ccccc1C(=CCCO[Si])c1ccccc1C. The topological polar surface area (TPSA) is 9.23 Å². The predicted octanol–water partition coefficient (Wildman–Crippen LogP) is 4.23. The summed E-state index contributed by atoms with van der Waals surface area (Å²) in [5.74, 6) is 0. The first-order valence-electron chi connectivity index (χ1n) is 6.84. The molecule has 0 amide bonds. The molecular weight excluding hydrogens is 260 g/mol. The van der Waals surface area contributed by atoms with Crippen LogP contribution in [0.1, 0.15) is 28.7 Å². The van der Waals surface area contributed by atoms with Crippen LogP contribution in [0.3, 0.4) is 0 Å². The molecule has 0 N–H and O–H groups in total. The van der Waals surface area contributed by atoms with Gasteiger partial charge in [0.15, 0.2) is 0 Å². The van der Waals surface area contributed by atoms with Crippen molar-refractivity contribution in [2.45, 2.75) is 20.3 Å². The van der Waals surface area contributed by atoms with Crippen LogP contribution in [-0.2, 0) is 4.43 Å². The summed E-state index contributed by atoms with van der Waals surface area (Å²) in [7, 11) is 3.06. The molecule has 2 aromatic rings. The molecule has 2 rings (SSSR count). The first kappa shape index (κ1) is 14.8. The Kier molecular flexibility index (Phi) is 5.33. The van der Waals surface area contributed by atoms with Gasteiger partial charge in [0.2, 0.25) is 10.5 Å². The Morgan fingerprint density at radius 2 is 1.45 bits per heavy atom. The smallest absolute Gasteiger partial charge is 0.246 e. The van der Waals surface area contributed by atoms with E-state index in [-0.39, 0.29) is 0 Å². The number of rotatable bonds is 5. The molecule has 3 radical (unpaired) electrons. The van der Waals surface area contributed by atoms with Crippen LogP contribution in [0.4, 0.5) is 0 Å². The first-order chi connectivity index (χ1) is 9.74. The lowest BCUT2D eigenvalue weighted by atomic mass is 9.91. The van der Waals surface area contributed by atoms with E-state index in [2.05, 4.69) is 78.9 Å². The predicted molar refractivity (Wildman–Crippen MR) is 85.8 cm³/mol. The summed E-state index contributed by atoms with van der Waals surface area (Å²) in [6.07, 6.45) is 3.13. The number of hydrogen-bond acceptors (Lipinski definition) is 1. The van der Waals surface area contributed by atoms with Crippen LogP contribution >= 0.6 is 0 Å². The largest absolute Gasteiger partial charge is 0.418 e. The van der Waals surface area contributed by atoms with Crippen molar-refractivity contribution in [1.29, 1.82) is 0 Å². The van der Waals surface area contributed by atoms with Crippen molar-refractivity contribution in [3.63, 3.8) is 0 Å². The molecule has 0 bridgehead atoms. The minimum Gasteiger partial charge on any atom is -0.418 e. The van der Waals surface area contributed by atoms with E-state index >= 15 is 0 Å². The Morgan fingerprint density at radius 3 is 1.90 bits per heavy atom. The second kappa shape index (κ2) is 7.22. The number of aryl methyl sites for hydroxylation is 2. The van der Waals surface area contributed by atoms with Crippen molar-refractivity contribution in [3.05, 3.63) is 76.9 Å². The minimum absolute atomic E-state index is 0.665. The fraction of sp³-hybridized carbons (Fsp3) is 0.222. The molecule has 0 saturated heterocycles. The summed E-state index contributed by atoms with van der Waals surface area (Å²) in [6.45, 7) is 4.97. The molecule has 0 aliphatic rings. The maximum Gasteiger partial charge on any atom is 0.246 e. The van der Waals surface area contributed by atoms with Gasteiger partial charge in [0.1, 0.15) is 0 Å². The summed E-state index contributed by atoms with van der Waals surface area (Å²) in [6, 6.07) is 17.0. The van der Waals surface area contributed by atoms with Gasteiger partial charge in [-0.1, -0.05) is 54.6 Å². The molecule has 0 unspecified atom stereocenters. The van der Waals surface area contributed by atoms with E-state index in [9.17, 15) is 0 Å². The number of benzene rings is 2. The Bertz CT molecular complexity index is 554. The Labute approximate surface area is 124 Å². The van der Waals surface area contributed by atoms with Gasteiger partial charge in [-0.05, 0) is 48.1 Å². The second-order valence-corrected chi connectivity index (χ2v) is 5.17. The molecule has 0 heterocycles. The molecule has 0 saturated carbocycles. The first-order valence-corrected chi connectivity index (χ1v) is 7.25. The van der Waals surface area contributed by atoms with Gasteiger partial charge in [-0.3, -0.25) is 0 Å². The quantitative estimate of drug-likeness (QED) is 0.588. The molecule has 2 heteroatoms. The van der Waals surface area contributed by atoms with Gasteiger partial charge in [0.25, 0.3) is 0 Å². The zero-order valence-corrected chi connectivity index (χ0v) is 13.0. The highest BCUT2D eigenvalue weighted by Crippen LogP contribution is 2.28. The van der Waals surface area contributed by atoms with E-state index < -0.39 is 0 Å². The van der Waals surface area contributed by atoms with Crippen LogP contribution in [0.5, 0.6) is 0 Å². The Hall–Kier alpha value is -1.64. The summed E-state index contributed by atoms with van der Waals surface area (Å²) < 4.78 is 4.99. The molecule has 0 atom stereocenters. The van der Waals surface area contributed by atoms with Crippen LogP contribution in [0.15, 0.2) is 54.6 Å². The van der Waals surface area contributed by atoms with Gasteiger partial charge in [-0.25, -0.2) is 0 Å². The van der Waals surface area contributed by atoms with E-state index in [1.165, 1.54) is 27.8 Å². The standard InChI is InChI=1S/C18H19OSi/c1-14-8-3-5-10-16(14)18(12-7-13-19-20)17-11-6-4-9-15(17)2/h3-6,8-12H,7,13H2,1-2H3. The molecule has 0 aliphatic carbocycles. The molecule has 0 aliphatic heterocycles. The molecule has 0 aromatic heterocycles. The maximum atomic E-state index is 4.99. The van der Waals surface area contributed by atoms with E-state index in [1.807, 2.05) is 0 Å². The lowest BCUT2D eigenvalue weighted by Crippen LogP contribution is -1.96. The van der Waals surface area contributed by atoms with Crippen LogP contribution in [0.25, 0.3) is 5.57 Å². The zero-order valence-electron chi connectivity index (χ0n) is 12.0. The average Bonchev–Trinajstić information content (AvgIpc) is 2.46. The average molecular weight is 279 g/mol. The summed E-state index contributed by atoms with van der Waals surface area (Å²) in [4.78, 5) is 0. The third-order valence-corrected chi connectivity index (χ3v) is 3.64. The van der Waals surface area contributed by atoms with Crippen LogP contribution in [-0.4, -0.2) is 17.1 Å². The molecular formula is C18H19OSi. The van der Waals surface area contributed by atoms with Gasteiger partial charge in [0.05, 0.1) is 0 Å². The Balaban J connectivity index is 2.49. The third kappa shape index (κ3) is 3.47. The highest BCUT2D eigenvalue weighted by Gasteiger charge is 2.09. The highest BCUT2D eigenvalue weighted by molar-refractivity contribution is 5.97. The molecule has 2 aromatic carbocycles. The number of hydrogen-bond donors (Lipinski definition) is 0. The second-order valence-electron chi connectivity index (χ2n) is 4.88. The molecule has 0 spiro atoms. The van der Waals surface area contributed by atoms with Crippen molar-refractivity contribution in [2.75, 3.05) is 6.61 Å². The fourth-order valence-corrected chi connectivity index (χ4v) is 2.50. The van der Waals surface area contributed by atoms with Crippen LogP contribution < -0.4 is 0 Å². The molecule has 0 fully saturated rings. The maximum absolute atomic E-state index is 4.99. The molecule has 20 heavy (non-hydrogen) atoms. The van der Waals surface area contributed by atoms with Crippen molar-refractivity contribution in [2.24, 2.45) is 0 Å². The highest BCUT2D eigenvalue weighted by atomic mass is 28.2. The molecule has 1 nitrogen and oxygen atoms in total. The lowest BCUT2D eigenvalue weighted by Gasteiger charge is -2.14. The van der Waals surface area contributed by atoms with Gasteiger partial charge < -0.3 is 4.43 Å². The lowest BCUT2D eigenvalue weighted by molar-refractivity contribution is 0.358. The summed E-state index contributed by atoms with van der Waals surface area (Å²) in [5, 5.41) is 0. The van der Waals surface area contributed by atoms with Gasteiger partial charge in [0, 0.05) is 6.61 Å². The third-order valence-electron chi connectivity index (χ3n) is 3.44. The summed E-state index contributed by atoms with van der Waals surface area (Å²) in [5.41, 5.74) is 6.44. The monoisotopic (exact) mass is 279 g/mol. The van der Waals surface area contributed by atoms with E-state index in [1.54, 1.807) is 0 Å². The van der Waals surface area contributed by atoms with E-state index in [0.717, 1.165) is 6.42 Å². The van der Waals surface area contributed by atoms with Crippen molar-refractivity contribution < 1.29 is 4.43 Å². The molecule has 101 valence electrons. The normalized spacial score (nSPS) is 10.3. The van der Waals surface area contributed by atoms with Crippen molar-refractivity contribution in [1.82, 2.24) is 0 Å². The van der Waals surface area contributed by atoms with Crippen molar-refractivity contribution >= 4 is 16.1 Å². The van der Waals surface area contributed by atoms with Gasteiger partial charge in [-0.15, -0.1) is 0 Å². The van der Waals surface area contributed by atoms with Crippen molar-refractivity contribution in [3.8, 4) is 0 Å². The zero-order chi connectivity index (χ0) is 14.4. The minimum atomic E-state index is 0.665. The van der Waals surface area contributed by atoms with Gasteiger partial charge in [-0.2, -0.15) is 0 Å². The van der Waals surface area contributed by atoms with Gasteiger partial charge >= 0.3 is 0 Å². The van der Waals surface area contributed by atoms with E-state index in [0.29, 0.717) is 6.61 Å². The van der Waals surface area contributed by atoms with E-state index in [4.69, 9.17) is 4.43 Å². The Morgan fingerprint density at radius 1 is 0.950 bits per heavy atom. The van der Waals surface area contributed by atoms with Crippen LogP contribution in [0.2, 0.25) is 0 Å². The summed E-state index contributed by atoms with van der Waals surface area (Å²) >= 11 is 0. The fourth-order valence-electron chi connectivity index (χ4n) is 2.38. The van der Waals surface area contributed by atoms with Crippen LogP contribution in [0, 0.1) is 13.8 Å².